The lowest BCUT2D eigenvalue weighted by molar-refractivity contribution is -0.136. The first-order valence-corrected chi connectivity index (χ1v) is 15.7. The second-order valence-corrected chi connectivity index (χ2v) is 17.6. The molecule has 2 heterocycles. The molecule has 2 aromatic rings. The number of hydrogen-bond acceptors (Lipinski definition) is 5. The maximum atomic E-state index is 13.7. The molecular formula is C19H29ClF3N3O3SSi. The second-order valence-electron chi connectivity index (χ2n) is 8.89. The summed E-state index contributed by atoms with van der Waals surface area (Å²) in [6.45, 7) is 9.96. The van der Waals surface area contributed by atoms with Gasteiger partial charge >= 0.3 is 6.18 Å². The molecule has 0 bridgehead atoms. The quantitative estimate of drug-likeness (QED) is 0.274. The average Bonchev–Trinajstić information content (AvgIpc) is 2.96. The van der Waals surface area contributed by atoms with Gasteiger partial charge in [-0.05, 0) is 26.0 Å². The molecule has 1 N–H and O–H groups in total. The summed E-state index contributed by atoms with van der Waals surface area (Å²) >= 11 is 6.06. The van der Waals surface area contributed by atoms with Gasteiger partial charge in [0.25, 0.3) is 0 Å². The lowest BCUT2D eigenvalue weighted by Gasteiger charge is -2.15. The standard InChI is InChI=1S/C19H29ClF3N3O3SSi/c1-13(2)30(27,28)8-6-24-15-10-16(20)25-18-17(15)14(19(21,22)23)11-26(18)12-29-7-9-31(3,4)5/h10-11,13H,6-9,12H2,1-5H3,(H,24,25). The zero-order valence-electron chi connectivity index (χ0n) is 18.3. The fourth-order valence-corrected chi connectivity index (χ4v) is 4.62. The minimum Gasteiger partial charge on any atom is -0.383 e. The van der Waals surface area contributed by atoms with Crippen molar-refractivity contribution in [2.45, 2.75) is 57.7 Å². The van der Waals surface area contributed by atoms with Gasteiger partial charge in [-0.2, -0.15) is 13.2 Å². The van der Waals surface area contributed by atoms with Crippen LogP contribution >= 0.6 is 11.6 Å². The molecule has 12 heteroatoms. The molecule has 2 aromatic heterocycles. The number of hydrogen-bond donors (Lipinski definition) is 1. The van der Waals surface area contributed by atoms with Crippen LogP contribution in [-0.2, 0) is 27.5 Å². The van der Waals surface area contributed by atoms with Crippen LogP contribution in [0.5, 0.6) is 0 Å². The number of nitrogens with zero attached hydrogens (tertiary/aromatic N) is 2. The summed E-state index contributed by atoms with van der Waals surface area (Å²) in [5, 5.41) is 2.06. The van der Waals surface area contributed by atoms with Crippen molar-refractivity contribution < 1.29 is 26.3 Å². The van der Waals surface area contributed by atoms with Gasteiger partial charge in [0.15, 0.2) is 9.84 Å². The van der Waals surface area contributed by atoms with E-state index in [1.807, 2.05) is 0 Å². The smallest absolute Gasteiger partial charge is 0.383 e. The van der Waals surface area contributed by atoms with E-state index < -0.39 is 34.9 Å². The van der Waals surface area contributed by atoms with Crippen LogP contribution in [0.3, 0.4) is 0 Å². The van der Waals surface area contributed by atoms with E-state index in [2.05, 4.69) is 29.9 Å². The van der Waals surface area contributed by atoms with Crippen molar-refractivity contribution in [2.75, 3.05) is 24.2 Å². The SMILES string of the molecule is CC(C)S(=O)(=O)CCNc1cc(Cl)nc2c1c(C(F)(F)F)cn2COCC[Si](C)(C)C. The van der Waals surface area contributed by atoms with Crippen LogP contribution in [-0.4, -0.2) is 50.2 Å². The topological polar surface area (TPSA) is 73.2 Å². The normalized spacial score (nSPS) is 13.4. The van der Waals surface area contributed by atoms with E-state index in [9.17, 15) is 21.6 Å². The number of rotatable bonds is 10. The van der Waals surface area contributed by atoms with Crippen LogP contribution < -0.4 is 5.32 Å². The van der Waals surface area contributed by atoms with E-state index >= 15 is 0 Å². The highest BCUT2D eigenvalue weighted by Gasteiger charge is 2.36. The van der Waals surface area contributed by atoms with Crippen molar-refractivity contribution in [3.05, 3.63) is 23.0 Å². The molecule has 0 unspecified atom stereocenters. The van der Waals surface area contributed by atoms with Crippen LogP contribution in [0.4, 0.5) is 18.9 Å². The Morgan fingerprint density at radius 1 is 1.29 bits per heavy atom. The van der Waals surface area contributed by atoms with E-state index in [-0.39, 0.29) is 40.9 Å². The first-order valence-electron chi connectivity index (χ1n) is 9.91. The molecule has 2 rings (SSSR count). The molecule has 6 nitrogen and oxygen atoms in total. The predicted molar refractivity (Wildman–Crippen MR) is 121 cm³/mol. The van der Waals surface area contributed by atoms with Crippen LogP contribution in [0.2, 0.25) is 30.8 Å². The fraction of sp³-hybridized carbons (Fsp3) is 0.632. The molecule has 0 aliphatic heterocycles. The van der Waals surface area contributed by atoms with Crippen molar-refractivity contribution in [3.8, 4) is 0 Å². The van der Waals surface area contributed by atoms with Gasteiger partial charge in [0.05, 0.1) is 22.0 Å². The number of fused-ring (bicyclic) bond motifs is 1. The Labute approximate surface area is 187 Å². The Hall–Kier alpha value is -1.30. The van der Waals surface area contributed by atoms with Crippen molar-refractivity contribution in [1.29, 1.82) is 0 Å². The summed E-state index contributed by atoms with van der Waals surface area (Å²) in [6, 6.07) is 2.15. The van der Waals surface area contributed by atoms with Gasteiger partial charge in [0.1, 0.15) is 17.5 Å². The number of sulfone groups is 1. The second kappa shape index (κ2) is 9.68. The number of ether oxygens (including phenoxy) is 1. The molecule has 0 fully saturated rings. The minimum absolute atomic E-state index is 0.00288. The van der Waals surface area contributed by atoms with Gasteiger partial charge in [-0.1, -0.05) is 31.2 Å². The van der Waals surface area contributed by atoms with Crippen molar-refractivity contribution in [3.63, 3.8) is 0 Å². The Bertz CT molecular complexity index is 1020. The molecule has 0 amide bonds. The lowest BCUT2D eigenvalue weighted by Crippen LogP contribution is -2.23. The van der Waals surface area contributed by atoms with Crippen LogP contribution in [0.15, 0.2) is 12.3 Å². The highest BCUT2D eigenvalue weighted by molar-refractivity contribution is 7.92. The molecule has 0 radical (unpaired) electrons. The summed E-state index contributed by atoms with van der Waals surface area (Å²) in [7, 11) is -4.69. The molecular weight excluding hydrogens is 471 g/mol. The van der Waals surface area contributed by atoms with Gasteiger partial charge in [-0.15, -0.1) is 0 Å². The Balaban J connectivity index is 2.36. The highest BCUT2D eigenvalue weighted by atomic mass is 35.5. The first kappa shape index (κ1) is 26.0. The molecule has 0 atom stereocenters. The number of pyridine rings is 1. The number of nitrogens with one attached hydrogen (secondary N) is 1. The molecule has 31 heavy (non-hydrogen) atoms. The number of halogens is 4. The van der Waals surface area contributed by atoms with Gasteiger partial charge in [-0.25, -0.2) is 13.4 Å². The third-order valence-corrected chi connectivity index (χ3v) is 8.86. The maximum Gasteiger partial charge on any atom is 0.418 e. The van der Waals surface area contributed by atoms with Crippen molar-refractivity contribution in [1.82, 2.24) is 9.55 Å². The van der Waals surface area contributed by atoms with Crippen LogP contribution in [0.1, 0.15) is 19.4 Å². The Morgan fingerprint density at radius 2 is 1.94 bits per heavy atom. The molecule has 0 saturated carbocycles. The van der Waals surface area contributed by atoms with E-state index in [0.29, 0.717) is 6.61 Å². The summed E-state index contributed by atoms with van der Waals surface area (Å²) in [6.07, 6.45) is -3.67. The largest absolute Gasteiger partial charge is 0.418 e. The monoisotopic (exact) mass is 499 g/mol. The van der Waals surface area contributed by atoms with Crippen molar-refractivity contribution in [2.24, 2.45) is 0 Å². The van der Waals surface area contributed by atoms with Gasteiger partial charge in [0, 0.05) is 33.1 Å². The summed E-state index contributed by atoms with van der Waals surface area (Å²) in [5.74, 6) is -0.214. The molecule has 176 valence electrons. The molecule has 0 spiro atoms. The molecule has 0 aliphatic carbocycles. The Kier molecular flexibility index (Phi) is 8.10. The summed E-state index contributed by atoms with van der Waals surface area (Å²) in [5.41, 5.74) is -0.765. The van der Waals surface area contributed by atoms with E-state index in [4.69, 9.17) is 16.3 Å². The maximum absolute atomic E-state index is 13.7. The van der Waals surface area contributed by atoms with E-state index in [0.717, 1.165) is 12.2 Å². The number of aromatic nitrogens is 2. The molecule has 0 aliphatic rings. The average molecular weight is 500 g/mol. The summed E-state index contributed by atoms with van der Waals surface area (Å²) in [4.78, 5) is 4.08. The third-order valence-electron chi connectivity index (χ3n) is 4.75. The third kappa shape index (κ3) is 7.09. The van der Waals surface area contributed by atoms with Gasteiger partial charge in [-0.3, -0.25) is 0 Å². The van der Waals surface area contributed by atoms with Crippen molar-refractivity contribution >= 4 is 46.2 Å². The first-order chi connectivity index (χ1) is 14.1. The number of alkyl halides is 3. The molecule has 0 aromatic carbocycles. The van der Waals surface area contributed by atoms with Crippen LogP contribution in [0.25, 0.3) is 11.0 Å². The van der Waals surface area contributed by atoms with E-state index in [1.165, 1.54) is 10.6 Å². The number of anilines is 1. The van der Waals surface area contributed by atoms with Crippen LogP contribution in [0, 0.1) is 0 Å². The van der Waals surface area contributed by atoms with Gasteiger partial charge in [0.2, 0.25) is 0 Å². The predicted octanol–water partition coefficient (Wildman–Crippen LogP) is 5.26. The lowest BCUT2D eigenvalue weighted by atomic mass is 10.2. The zero-order chi connectivity index (χ0) is 23.6. The fourth-order valence-electron chi connectivity index (χ4n) is 2.81. The highest BCUT2D eigenvalue weighted by Crippen LogP contribution is 2.40. The van der Waals surface area contributed by atoms with Gasteiger partial charge < -0.3 is 14.6 Å². The summed E-state index contributed by atoms with van der Waals surface area (Å²) < 4.78 is 72.2. The minimum atomic E-state index is -4.63. The molecule has 0 saturated heterocycles. The van der Waals surface area contributed by atoms with E-state index in [1.54, 1.807) is 13.8 Å². The Morgan fingerprint density at radius 3 is 2.48 bits per heavy atom. The zero-order valence-corrected chi connectivity index (χ0v) is 20.9.